The molecule has 1 aliphatic rings. The zero-order chi connectivity index (χ0) is 16.4. The molecular formula is C17H14N2O4. The molecule has 2 aromatic carbocycles. The van der Waals surface area contributed by atoms with Crippen molar-refractivity contribution in [2.45, 2.75) is 0 Å². The van der Waals surface area contributed by atoms with E-state index in [1.165, 1.54) is 12.0 Å². The maximum Gasteiger partial charge on any atom is 0.299 e. The zero-order valence-electron chi connectivity index (χ0n) is 12.4. The second kappa shape index (κ2) is 5.92. The summed E-state index contributed by atoms with van der Waals surface area (Å²) in [6.07, 6.45) is 0. The summed E-state index contributed by atoms with van der Waals surface area (Å²) in [5.41, 5.74) is 1.28. The van der Waals surface area contributed by atoms with Gasteiger partial charge in [0.2, 0.25) is 5.91 Å². The van der Waals surface area contributed by atoms with Gasteiger partial charge in [-0.25, -0.2) is 0 Å². The second-order valence-electron chi connectivity index (χ2n) is 4.99. The van der Waals surface area contributed by atoms with Crippen molar-refractivity contribution in [3.8, 4) is 5.75 Å². The number of methoxy groups -OCH3 is 1. The van der Waals surface area contributed by atoms with Gasteiger partial charge < -0.3 is 10.1 Å². The fourth-order valence-corrected chi connectivity index (χ4v) is 2.49. The summed E-state index contributed by atoms with van der Waals surface area (Å²) in [7, 11) is 1.50. The Hall–Kier alpha value is -3.15. The number of rotatable bonds is 4. The SMILES string of the molecule is COc1ccccc1NC(=O)CN1C(=O)C(=O)c2ccccc21. The van der Waals surface area contributed by atoms with Gasteiger partial charge in [0.1, 0.15) is 12.3 Å². The van der Waals surface area contributed by atoms with Crippen LogP contribution in [0, 0.1) is 0 Å². The molecule has 6 nitrogen and oxygen atoms in total. The molecule has 23 heavy (non-hydrogen) atoms. The molecule has 0 atom stereocenters. The Labute approximate surface area is 132 Å². The highest BCUT2D eigenvalue weighted by atomic mass is 16.5. The Bertz CT molecular complexity index is 801. The maximum absolute atomic E-state index is 12.2. The largest absolute Gasteiger partial charge is 0.495 e. The van der Waals surface area contributed by atoms with Crippen LogP contribution in [0.4, 0.5) is 11.4 Å². The smallest absolute Gasteiger partial charge is 0.299 e. The highest BCUT2D eigenvalue weighted by molar-refractivity contribution is 6.52. The molecule has 2 aromatic rings. The second-order valence-corrected chi connectivity index (χ2v) is 4.99. The molecule has 0 aromatic heterocycles. The van der Waals surface area contributed by atoms with Gasteiger partial charge in [-0.05, 0) is 24.3 Å². The summed E-state index contributed by atoms with van der Waals surface area (Å²) in [5.74, 6) is -1.18. The summed E-state index contributed by atoms with van der Waals surface area (Å²) in [4.78, 5) is 37.4. The number of nitrogens with zero attached hydrogens (tertiary/aromatic N) is 1. The van der Waals surface area contributed by atoms with Crippen LogP contribution in [-0.2, 0) is 9.59 Å². The minimum Gasteiger partial charge on any atom is -0.495 e. The summed E-state index contributed by atoms with van der Waals surface area (Å²) < 4.78 is 5.16. The molecule has 0 fully saturated rings. The first-order chi connectivity index (χ1) is 11.1. The molecule has 0 saturated carbocycles. The van der Waals surface area contributed by atoms with Crippen molar-refractivity contribution in [2.75, 3.05) is 23.9 Å². The number of carbonyl (C=O) groups is 3. The van der Waals surface area contributed by atoms with Crippen molar-refractivity contribution >= 4 is 29.0 Å². The standard InChI is InChI=1S/C17H14N2O4/c1-23-14-9-5-3-7-12(14)18-15(20)10-19-13-8-4-2-6-11(13)16(21)17(19)22/h2-9H,10H2,1H3,(H,18,20). The number of para-hydroxylation sites is 3. The predicted molar refractivity (Wildman–Crippen MR) is 84.7 cm³/mol. The fraction of sp³-hybridized carbons (Fsp3) is 0.118. The Balaban J connectivity index is 1.78. The van der Waals surface area contributed by atoms with E-state index in [-0.39, 0.29) is 6.54 Å². The first-order valence-electron chi connectivity index (χ1n) is 7.00. The number of amides is 2. The van der Waals surface area contributed by atoms with E-state index >= 15 is 0 Å². The summed E-state index contributed by atoms with van der Waals surface area (Å²) in [6.45, 7) is -0.236. The molecule has 1 heterocycles. The topological polar surface area (TPSA) is 75.7 Å². The average Bonchev–Trinajstić information content (AvgIpc) is 2.81. The van der Waals surface area contributed by atoms with E-state index in [1.807, 2.05) is 0 Å². The van der Waals surface area contributed by atoms with Crippen molar-refractivity contribution in [1.29, 1.82) is 0 Å². The van der Waals surface area contributed by atoms with Crippen LogP contribution in [0.3, 0.4) is 0 Å². The Kier molecular flexibility index (Phi) is 3.80. The van der Waals surface area contributed by atoms with E-state index in [4.69, 9.17) is 4.74 Å². The predicted octanol–water partition coefficient (Wildman–Crippen LogP) is 1.86. The number of ketones is 1. The van der Waals surface area contributed by atoms with Gasteiger partial charge in [0.15, 0.2) is 0 Å². The summed E-state index contributed by atoms with van der Waals surface area (Å²) in [6, 6.07) is 13.6. The molecule has 0 radical (unpaired) electrons. The Morgan fingerprint density at radius 2 is 1.78 bits per heavy atom. The highest BCUT2D eigenvalue weighted by Gasteiger charge is 2.36. The molecule has 0 unspecified atom stereocenters. The van der Waals surface area contributed by atoms with Gasteiger partial charge in [0.05, 0.1) is 24.0 Å². The molecule has 0 saturated heterocycles. The van der Waals surface area contributed by atoms with Crippen molar-refractivity contribution in [2.24, 2.45) is 0 Å². The zero-order valence-corrected chi connectivity index (χ0v) is 12.4. The Morgan fingerprint density at radius 1 is 1.09 bits per heavy atom. The monoisotopic (exact) mass is 310 g/mol. The van der Waals surface area contributed by atoms with Gasteiger partial charge >= 0.3 is 0 Å². The Morgan fingerprint density at radius 3 is 2.57 bits per heavy atom. The van der Waals surface area contributed by atoms with Crippen molar-refractivity contribution < 1.29 is 19.1 Å². The van der Waals surface area contributed by atoms with Crippen LogP contribution in [0.25, 0.3) is 0 Å². The van der Waals surface area contributed by atoms with Crippen LogP contribution in [0.1, 0.15) is 10.4 Å². The lowest BCUT2D eigenvalue weighted by atomic mass is 10.1. The van der Waals surface area contributed by atoms with Crippen LogP contribution < -0.4 is 15.0 Å². The highest BCUT2D eigenvalue weighted by Crippen LogP contribution is 2.28. The number of ether oxygens (including phenoxy) is 1. The molecule has 6 heteroatoms. The van der Waals surface area contributed by atoms with Gasteiger partial charge in [-0.15, -0.1) is 0 Å². The summed E-state index contributed by atoms with van der Waals surface area (Å²) >= 11 is 0. The van der Waals surface area contributed by atoms with Crippen LogP contribution in [0.15, 0.2) is 48.5 Å². The number of carbonyl (C=O) groups excluding carboxylic acids is 3. The van der Waals surface area contributed by atoms with E-state index in [2.05, 4.69) is 5.32 Å². The quantitative estimate of drug-likeness (QED) is 0.875. The third-order valence-electron chi connectivity index (χ3n) is 3.56. The van der Waals surface area contributed by atoms with E-state index in [9.17, 15) is 14.4 Å². The third kappa shape index (κ3) is 2.66. The molecule has 116 valence electrons. The number of hydrogen-bond acceptors (Lipinski definition) is 4. The number of nitrogens with one attached hydrogen (secondary N) is 1. The fourth-order valence-electron chi connectivity index (χ4n) is 2.49. The molecule has 3 rings (SSSR count). The van der Waals surface area contributed by atoms with Crippen LogP contribution in [-0.4, -0.2) is 31.3 Å². The molecule has 0 spiro atoms. The van der Waals surface area contributed by atoms with E-state index < -0.39 is 17.6 Å². The third-order valence-corrected chi connectivity index (χ3v) is 3.56. The van der Waals surface area contributed by atoms with Crippen molar-refractivity contribution in [1.82, 2.24) is 0 Å². The van der Waals surface area contributed by atoms with Gasteiger partial charge in [0, 0.05) is 0 Å². The number of benzene rings is 2. The van der Waals surface area contributed by atoms with Crippen LogP contribution >= 0.6 is 0 Å². The maximum atomic E-state index is 12.2. The number of fused-ring (bicyclic) bond motifs is 1. The number of Topliss-reactive ketones (excluding diaryl/α,β-unsaturated/α-hetero) is 1. The lowest BCUT2D eigenvalue weighted by molar-refractivity contribution is -0.118. The van der Waals surface area contributed by atoms with E-state index in [0.29, 0.717) is 22.7 Å². The molecule has 0 aliphatic carbocycles. The first kappa shape index (κ1) is 14.8. The molecule has 2 amide bonds. The minimum absolute atomic E-state index is 0.236. The molecule has 1 N–H and O–H groups in total. The van der Waals surface area contributed by atoms with Gasteiger partial charge in [-0.1, -0.05) is 24.3 Å². The summed E-state index contributed by atoms with van der Waals surface area (Å²) in [5, 5.41) is 2.69. The van der Waals surface area contributed by atoms with Crippen molar-refractivity contribution in [3.05, 3.63) is 54.1 Å². The molecule has 1 aliphatic heterocycles. The van der Waals surface area contributed by atoms with Crippen LogP contribution in [0.2, 0.25) is 0 Å². The van der Waals surface area contributed by atoms with Crippen molar-refractivity contribution in [3.63, 3.8) is 0 Å². The molecular weight excluding hydrogens is 296 g/mol. The average molecular weight is 310 g/mol. The van der Waals surface area contributed by atoms with Gasteiger partial charge in [-0.2, -0.15) is 0 Å². The van der Waals surface area contributed by atoms with E-state index in [1.54, 1.807) is 48.5 Å². The lowest BCUT2D eigenvalue weighted by Gasteiger charge is -2.16. The van der Waals surface area contributed by atoms with Crippen LogP contribution in [0.5, 0.6) is 5.75 Å². The first-order valence-corrected chi connectivity index (χ1v) is 7.00. The molecule has 0 bridgehead atoms. The number of anilines is 2. The minimum atomic E-state index is -0.693. The van der Waals surface area contributed by atoms with Gasteiger partial charge in [0.25, 0.3) is 11.7 Å². The van der Waals surface area contributed by atoms with Gasteiger partial charge in [-0.3, -0.25) is 19.3 Å². The lowest BCUT2D eigenvalue weighted by Crippen LogP contribution is -2.37. The number of hydrogen-bond donors (Lipinski definition) is 1. The normalized spacial score (nSPS) is 13.0. The van der Waals surface area contributed by atoms with E-state index in [0.717, 1.165) is 0 Å².